The highest BCUT2D eigenvalue weighted by atomic mass is 19.1. The quantitative estimate of drug-likeness (QED) is 0.665. The molecule has 132 valence electrons. The van der Waals surface area contributed by atoms with Gasteiger partial charge in [-0.3, -0.25) is 9.69 Å². The Morgan fingerprint density at radius 3 is 2.12 bits per heavy atom. The van der Waals surface area contributed by atoms with Crippen LogP contribution in [-0.2, 0) is 10.3 Å². The molecule has 4 nitrogen and oxygen atoms in total. The average molecular weight is 354 g/mol. The van der Waals surface area contributed by atoms with Gasteiger partial charge in [0.1, 0.15) is 11.6 Å². The van der Waals surface area contributed by atoms with E-state index in [1.165, 1.54) is 13.8 Å². The topological polar surface area (TPSA) is 49.4 Å². The Bertz CT molecular complexity index is 904. The van der Waals surface area contributed by atoms with Gasteiger partial charge in [0.15, 0.2) is 0 Å². The molecular formula is C20H16F2N2O2. The van der Waals surface area contributed by atoms with Crippen molar-refractivity contribution in [2.75, 3.05) is 6.54 Å². The first-order chi connectivity index (χ1) is 12.3. The Balaban J connectivity index is 1.99. The van der Waals surface area contributed by atoms with Crippen molar-refractivity contribution < 1.29 is 18.4 Å². The molecule has 0 unspecified atom stereocenters. The Morgan fingerprint density at radius 2 is 1.58 bits per heavy atom. The molecule has 2 aromatic carbocycles. The van der Waals surface area contributed by atoms with E-state index < -0.39 is 29.1 Å². The summed E-state index contributed by atoms with van der Waals surface area (Å²) in [4.78, 5) is 24.6. The van der Waals surface area contributed by atoms with Gasteiger partial charge in [0.2, 0.25) is 0 Å². The summed E-state index contributed by atoms with van der Waals surface area (Å²) in [6, 6.07) is 10.6. The van der Waals surface area contributed by atoms with E-state index in [1.807, 2.05) is 18.2 Å². The lowest BCUT2D eigenvalue weighted by Crippen LogP contribution is -2.47. The van der Waals surface area contributed by atoms with Crippen LogP contribution in [0.3, 0.4) is 0 Å². The second-order valence-corrected chi connectivity index (χ2v) is 6.38. The van der Waals surface area contributed by atoms with E-state index in [-0.39, 0.29) is 17.7 Å². The van der Waals surface area contributed by atoms with E-state index in [0.29, 0.717) is 0 Å². The molecule has 1 N–H and O–H groups in total. The highest BCUT2D eigenvalue weighted by Gasteiger charge is 2.44. The highest BCUT2D eigenvalue weighted by molar-refractivity contribution is 6.02. The van der Waals surface area contributed by atoms with Gasteiger partial charge in [-0.15, -0.1) is 0 Å². The Labute approximate surface area is 149 Å². The van der Waals surface area contributed by atoms with Crippen LogP contribution < -0.4 is 5.32 Å². The van der Waals surface area contributed by atoms with Crippen LogP contribution in [0, 0.1) is 23.5 Å². The van der Waals surface area contributed by atoms with Gasteiger partial charge in [-0.05, 0) is 38.1 Å². The van der Waals surface area contributed by atoms with Crippen LogP contribution in [-0.4, -0.2) is 23.4 Å². The van der Waals surface area contributed by atoms with Gasteiger partial charge in [0.05, 0.1) is 12.1 Å². The van der Waals surface area contributed by atoms with E-state index in [9.17, 15) is 18.4 Å². The Hall–Kier alpha value is -3.20. The molecule has 0 bridgehead atoms. The number of hydrogen-bond acceptors (Lipinski definition) is 2. The van der Waals surface area contributed by atoms with Crippen LogP contribution in [0.2, 0.25) is 0 Å². The molecule has 26 heavy (non-hydrogen) atoms. The molecule has 1 aliphatic rings. The zero-order valence-electron chi connectivity index (χ0n) is 14.3. The van der Waals surface area contributed by atoms with Crippen LogP contribution in [0.25, 0.3) is 0 Å². The maximum atomic E-state index is 14.7. The molecule has 1 aliphatic heterocycles. The second kappa shape index (κ2) is 6.60. The van der Waals surface area contributed by atoms with Gasteiger partial charge in [-0.25, -0.2) is 13.6 Å². The number of halogens is 2. The highest BCUT2D eigenvalue weighted by Crippen LogP contribution is 2.34. The van der Waals surface area contributed by atoms with Crippen molar-refractivity contribution in [3.8, 4) is 11.8 Å². The standard InChI is InChI=1S/C20H16F2N2O2/c1-20(2,24-17(25)12-23-19(24)26)18-15(21)10-14(11-16(18)22)9-8-13-6-4-3-5-7-13/h3-7,10-11H,12H2,1-2H3,(H,23,26). The van der Waals surface area contributed by atoms with Gasteiger partial charge in [-0.1, -0.05) is 30.0 Å². The van der Waals surface area contributed by atoms with E-state index >= 15 is 0 Å². The number of imide groups is 1. The first kappa shape index (κ1) is 17.6. The van der Waals surface area contributed by atoms with E-state index in [0.717, 1.165) is 22.6 Å². The second-order valence-electron chi connectivity index (χ2n) is 6.38. The van der Waals surface area contributed by atoms with Crippen molar-refractivity contribution in [1.82, 2.24) is 10.2 Å². The number of nitrogens with one attached hydrogen (secondary N) is 1. The average Bonchev–Trinajstić information content (AvgIpc) is 2.92. The number of carbonyl (C=O) groups excluding carboxylic acids is 2. The number of rotatable bonds is 2. The Morgan fingerprint density at radius 1 is 1.00 bits per heavy atom. The summed E-state index contributed by atoms with van der Waals surface area (Å²) >= 11 is 0. The van der Waals surface area contributed by atoms with Crippen LogP contribution >= 0.6 is 0 Å². The van der Waals surface area contributed by atoms with Crippen LogP contribution in [0.1, 0.15) is 30.5 Å². The summed E-state index contributed by atoms with van der Waals surface area (Å²) in [5, 5.41) is 2.35. The molecule has 0 aromatic heterocycles. The Kier molecular flexibility index (Phi) is 4.47. The summed E-state index contributed by atoms with van der Waals surface area (Å²) < 4.78 is 29.3. The van der Waals surface area contributed by atoms with Gasteiger partial charge < -0.3 is 5.32 Å². The molecule has 1 saturated heterocycles. The first-order valence-corrected chi connectivity index (χ1v) is 7.98. The van der Waals surface area contributed by atoms with Crippen LogP contribution in [0.5, 0.6) is 0 Å². The van der Waals surface area contributed by atoms with Crippen LogP contribution in [0.4, 0.5) is 13.6 Å². The zero-order chi connectivity index (χ0) is 18.9. The third kappa shape index (κ3) is 3.16. The first-order valence-electron chi connectivity index (χ1n) is 7.98. The number of hydrogen-bond donors (Lipinski definition) is 1. The maximum Gasteiger partial charge on any atom is 0.325 e. The molecule has 0 saturated carbocycles. The van der Waals surface area contributed by atoms with Gasteiger partial charge in [-0.2, -0.15) is 0 Å². The molecule has 0 spiro atoms. The number of carbonyl (C=O) groups is 2. The third-order valence-electron chi connectivity index (χ3n) is 4.18. The van der Waals surface area contributed by atoms with Crippen molar-refractivity contribution in [1.29, 1.82) is 0 Å². The summed E-state index contributed by atoms with van der Waals surface area (Å²) in [5.74, 6) is 3.29. The fourth-order valence-corrected chi connectivity index (χ4v) is 3.00. The minimum atomic E-state index is -1.47. The molecule has 0 radical (unpaired) electrons. The number of benzene rings is 2. The molecule has 0 aliphatic carbocycles. The zero-order valence-corrected chi connectivity index (χ0v) is 14.3. The van der Waals surface area contributed by atoms with Gasteiger partial charge in [0.25, 0.3) is 5.91 Å². The fraction of sp³-hybridized carbons (Fsp3) is 0.200. The van der Waals surface area contributed by atoms with Crippen molar-refractivity contribution >= 4 is 11.9 Å². The van der Waals surface area contributed by atoms with E-state index in [2.05, 4.69) is 17.2 Å². The van der Waals surface area contributed by atoms with Crippen molar-refractivity contribution in [2.24, 2.45) is 0 Å². The molecule has 3 rings (SSSR count). The minimum Gasteiger partial charge on any atom is -0.329 e. The number of amides is 3. The molecule has 0 atom stereocenters. The molecule has 2 aromatic rings. The molecule has 3 amide bonds. The summed E-state index contributed by atoms with van der Waals surface area (Å²) in [6.07, 6.45) is 0. The predicted molar refractivity (Wildman–Crippen MR) is 92.1 cm³/mol. The van der Waals surface area contributed by atoms with Crippen molar-refractivity contribution in [3.05, 3.63) is 70.8 Å². The summed E-state index contributed by atoms with van der Waals surface area (Å²) in [5.41, 5.74) is -0.942. The maximum absolute atomic E-state index is 14.7. The lowest BCUT2D eigenvalue weighted by molar-refractivity contribution is -0.128. The summed E-state index contributed by atoms with van der Waals surface area (Å²) in [6.45, 7) is 2.66. The van der Waals surface area contributed by atoms with Gasteiger partial charge >= 0.3 is 6.03 Å². The normalized spacial score (nSPS) is 14.1. The largest absolute Gasteiger partial charge is 0.329 e. The summed E-state index contributed by atoms with van der Waals surface area (Å²) in [7, 11) is 0. The van der Waals surface area contributed by atoms with Crippen molar-refractivity contribution in [2.45, 2.75) is 19.4 Å². The van der Waals surface area contributed by atoms with E-state index in [1.54, 1.807) is 12.1 Å². The number of urea groups is 1. The van der Waals surface area contributed by atoms with E-state index in [4.69, 9.17) is 0 Å². The third-order valence-corrected chi connectivity index (χ3v) is 4.18. The minimum absolute atomic E-state index is 0.167. The SMILES string of the molecule is CC(C)(c1c(F)cc(C#Cc2ccccc2)cc1F)N1C(=O)CNC1=O. The monoisotopic (exact) mass is 354 g/mol. The molecule has 1 heterocycles. The predicted octanol–water partition coefficient (Wildman–Crippen LogP) is 3.15. The molecular weight excluding hydrogens is 338 g/mol. The fourth-order valence-electron chi connectivity index (χ4n) is 3.00. The lowest BCUT2D eigenvalue weighted by atomic mass is 9.90. The van der Waals surface area contributed by atoms with Gasteiger partial charge in [0, 0.05) is 16.7 Å². The molecule has 6 heteroatoms. The lowest BCUT2D eigenvalue weighted by Gasteiger charge is -2.33. The van der Waals surface area contributed by atoms with Crippen molar-refractivity contribution in [3.63, 3.8) is 0 Å². The molecule has 1 fully saturated rings. The van der Waals surface area contributed by atoms with Crippen LogP contribution in [0.15, 0.2) is 42.5 Å². The number of nitrogens with zero attached hydrogens (tertiary/aromatic N) is 1. The smallest absolute Gasteiger partial charge is 0.325 e.